The Balaban J connectivity index is 1.62. The fourth-order valence-electron chi connectivity index (χ4n) is 2.01. The third-order valence-corrected chi connectivity index (χ3v) is 3.83. The van der Waals surface area contributed by atoms with Crippen molar-refractivity contribution in [1.82, 2.24) is 15.3 Å². The largest absolute Gasteiger partial charge is 0.355 e. The van der Waals surface area contributed by atoms with Crippen molar-refractivity contribution in [3.05, 3.63) is 58.3 Å². The molecular weight excluding hydrogens is 339 g/mol. The van der Waals surface area contributed by atoms with Gasteiger partial charge in [0.05, 0.1) is 28.3 Å². The molecule has 22 heavy (non-hydrogen) atoms. The SMILES string of the molecule is S=C(NCc1nc2ccccc2[nH]1)Nc1ccc(Cl)cc1Cl. The number of hydrogen-bond acceptors (Lipinski definition) is 2. The Hall–Kier alpha value is -1.82. The lowest BCUT2D eigenvalue weighted by atomic mass is 10.3. The van der Waals surface area contributed by atoms with E-state index < -0.39 is 0 Å². The Kier molecular flexibility index (Phi) is 4.47. The van der Waals surface area contributed by atoms with Gasteiger partial charge in [-0.05, 0) is 42.5 Å². The fourth-order valence-corrected chi connectivity index (χ4v) is 2.65. The lowest BCUT2D eigenvalue weighted by Crippen LogP contribution is -2.28. The summed E-state index contributed by atoms with van der Waals surface area (Å²) in [5.74, 6) is 0.813. The van der Waals surface area contributed by atoms with Gasteiger partial charge in [-0.15, -0.1) is 0 Å². The molecule has 0 fully saturated rings. The molecule has 0 aliphatic rings. The van der Waals surface area contributed by atoms with E-state index in [0.717, 1.165) is 16.9 Å². The number of thiocarbonyl (C=S) groups is 1. The number of benzene rings is 2. The van der Waals surface area contributed by atoms with Gasteiger partial charge in [0, 0.05) is 5.02 Å². The zero-order valence-electron chi connectivity index (χ0n) is 11.4. The van der Waals surface area contributed by atoms with E-state index in [1.807, 2.05) is 24.3 Å². The highest BCUT2D eigenvalue weighted by Crippen LogP contribution is 2.25. The number of H-pyrrole nitrogens is 1. The van der Waals surface area contributed by atoms with Gasteiger partial charge in [-0.25, -0.2) is 4.98 Å². The van der Waals surface area contributed by atoms with Crippen molar-refractivity contribution < 1.29 is 0 Å². The summed E-state index contributed by atoms with van der Waals surface area (Å²) in [5.41, 5.74) is 2.63. The first-order chi connectivity index (χ1) is 10.6. The highest BCUT2D eigenvalue weighted by Gasteiger charge is 2.05. The zero-order chi connectivity index (χ0) is 15.5. The summed E-state index contributed by atoms with van der Waals surface area (Å²) < 4.78 is 0. The molecule has 7 heteroatoms. The maximum atomic E-state index is 6.09. The van der Waals surface area contributed by atoms with Crippen LogP contribution in [0.3, 0.4) is 0 Å². The number of anilines is 1. The summed E-state index contributed by atoms with van der Waals surface area (Å²) >= 11 is 17.2. The van der Waals surface area contributed by atoms with Gasteiger partial charge in [0.15, 0.2) is 5.11 Å². The van der Waals surface area contributed by atoms with Crippen LogP contribution in [0.25, 0.3) is 11.0 Å². The summed E-state index contributed by atoms with van der Waals surface area (Å²) in [6.45, 7) is 0.492. The standard InChI is InChI=1S/C15H12Cl2N4S/c16-9-5-6-11(10(17)7-9)21-15(22)18-8-14-19-12-3-1-2-4-13(12)20-14/h1-7H,8H2,(H,19,20)(H2,18,21,22). The third-order valence-electron chi connectivity index (χ3n) is 3.03. The summed E-state index contributed by atoms with van der Waals surface area (Å²) in [6.07, 6.45) is 0. The van der Waals surface area contributed by atoms with Crippen molar-refractivity contribution in [2.75, 3.05) is 5.32 Å². The maximum Gasteiger partial charge on any atom is 0.171 e. The Morgan fingerprint density at radius 2 is 2.00 bits per heavy atom. The van der Waals surface area contributed by atoms with E-state index in [1.54, 1.807) is 18.2 Å². The Bertz CT molecular complexity index is 798. The molecule has 0 unspecified atom stereocenters. The molecule has 0 atom stereocenters. The molecule has 3 N–H and O–H groups in total. The number of nitrogens with zero attached hydrogens (tertiary/aromatic N) is 1. The second-order valence-electron chi connectivity index (χ2n) is 4.63. The number of para-hydroxylation sites is 2. The molecular formula is C15H12Cl2N4S. The molecule has 0 amide bonds. The molecule has 4 nitrogen and oxygen atoms in total. The minimum atomic E-state index is 0.463. The van der Waals surface area contributed by atoms with Crippen molar-refractivity contribution in [2.24, 2.45) is 0 Å². The van der Waals surface area contributed by atoms with Crippen LogP contribution in [-0.4, -0.2) is 15.1 Å². The fraction of sp³-hybridized carbons (Fsp3) is 0.0667. The Morgan fingerprint density at radius 3 is 2.77 bits per heavy atom. The Labute approximate surface area is 142 Å². The number of aromatic nitrogens is 2. The van der Waals surface area contributed by atoms with E-state index in [4.69, 9.17) is 35.4 Å². The second-order valence-corrected chi connectivity index (χ2v) is 5.88. The van der Waals surface area contributed by atoms with E-state index in [2.05, 4.69) is 20.6 Å². The lowest BCUT2D eigenvalue weighted by Gasteiger charge is -2.11. The quantitative estimate of drug-likeness (QED) is 0.614. The van der Waals surface area contributed by atoms with E-state index >= 15 is 0 Å². The summed E-state index contributed by atoms with van der Waals surface area (Å²) in [7, 11) is 0. The molecule has 3 aromatic rings. The molecule has 112 valence electrons. The molecule has 0 aliphatic carbocycles. The number of nitrogens with one attached hydrogen (secondary N) is 3. The van der Waals surface area contributed by atoms with Crippen LogP contribution in [0.4, 0.5) is 5.69 Å². The number of aromatic amines is 1. The zero-order valence-corrected chi connectivity index (χ0v) is 13.7. The smallest absolute Gasteiger partial charge is 0.171 e. The van der Waals surface area contributed by atoms with Crippen molar-refractivity contribution in [2.45, 2.75) is 6.54 Å². The van der Waals surface area contributed by atoms with Gasteiger partial charge in [-0.3, -0.25) is 0 Å². The molecule has 0 radical (unpaired) electrons. The molecule has 0 saturated carbocycles. The first kappa shape index (κ1) is 15.1. The van der Waals surface area contributed by atoms with E-state index in [9.17, 15) is 0 Å². The highest BCUT2D eigenvalue weighted by molar-refractivity contribution is 7.80. The highest BCUT2D eigenvalue weighted by atomic mass is 35.5. The number of rotatable bonds is 3. The van der Waals surface area contributed by atoms with Crippen LogP contribution >= 0.6 is 35.4 Å². The van der Waals surface area contributed by atoms with Crippen LogP contribution in [0.1, 0.15) is 5.82 Å². The van der Waals surface area contributed by atoms with E-state index in [1.165, 1.54) is 0 Å². The predicted molar refractivity (Wildman–Crippen MR) is 95.6 cm³/mol. The van der Waals surface area contributed by atoms with Crippen LogP contribution in [0.2, 0.25) is 10.0 Å². The van der Waals surface area contributed by atoms with Gasteiger partial charge in [0.1, 0.15) is 5.82 Å². The van der Waals surface area contributed by atoms with Gasteiger partial charge in [0.25, 0.3) is 0 Å². The van der Waals surface area contributed by atoms with Gasteiger partial charge in [0.2, 0.25) is 0 Å². The van der Waals surface area contributed by atoms with Crippen molar-refractivity contribution in [3.63, 3.8) is 0 Å². The predicted octanol–water partition coefficient (Wildman–Crippen LogP) is 4.36. The molecule has 0 bridgehead atoms. The minimum absolute atomic E-state index is 0.463. The molecule has 0 spiro atoms. The molecule has 0 saturated heterocycles. The van der Waals surface area contributed by atoms with Crippen LogP contribution in [0.15, 0.2) is 42.5 Å². The second kappa shape index (κ2) is 6.52. The van der Waals surface area contributed by atoms with Crippen molar-refractivity contribution in [3.8, 4) is 0 Å². The van der Waals surface area contributed by atoms with Crippen molar-refractivity contribution >= 4 is 57.3 Å². The molecule has 1 heterocycles. The first-order valence-electron chi connectivity index (χ1n) is 6.55. The normalized spacial score (nSPS) is 10.6. The van der Waals surface area contributed by atoms with Gasteiger partial charge in [-0.1, -0.05) is 35.3 Å². The van der Waals surface area contributed by atoms with E-state index in [0.29, 0.717) is 27.4 Å². The number of fused-ring (bicyclic) bond motifs is 1. The average Bonchev–Trinajstić information content (AvgIpc) is 2.91. The van der Waals surface area contributed by atoms with Crippen LogP contribution in [0.5, 0.6) is 0 Å². The molecule has 3 rings (SSSR count). The monoisotopic (exact) mass is 350 g/mol. The summed E-state index contributed by atoms with van der Waals surface area (Å²) in [5, 5.41) is 7.67. The minimum Gasteiger partial charge on any atom is -0.355 e. The van der Waals surface area contributed by atoms with E-state index in [-0.39, 0.29) is 0 Å². The first-order valence-corrected chi connectivity index (χ1v) is 7.72. The summed E-state index contributed by atoms with van der Waals surface area (Å²) in [4.78, 5) is 7.70. The molecule has 2 aromatic carbocycles. The van der Waals surface area contributed by atoms with Gasteiger partial charge >= 0.3 is 0 Å². The van der Waals surface area contributed by atoms with Gasteiger partial charge in [-0.2, -0.15) is 0 Å². The van der Waals surface area contributed by atoms with Crippen LogP contribution < -0.4 is 10.6 Å². The third kappa shape index (κ3) is 3.50. The van der Waals surface area contributed by atoms with Crippen molar-refractivity contribution in [1.29, 1.82) is 0 Å². The summed E-state index contributed by atoms with van der Waals surface area (Å²) in [6, 6.07) is 13.0. The average molecular weight is 351 g/mol. The maximum absolute atomic E-state index is 6.09. The Morgan fingerprint density at radius 1 is 1.18 bits per heavy atom. The number of hydrogen-bond donors (Lipinski definition) is 3. The molecule has 1 aromatic heterocycles. The lowest BCUT2D eigenvalue weighted by molar-refractivity contribution is 0.859. The van der Waals surface area contributed by atoms with Crippen LogP contribution in [0, 0.1) is 0 Å². The topological polar surface area (TPSA) is 52.7 Å². The van der Waals surface area contributed by atoms with Gasteiger partial charge < -0.3 is 15.6 Å². The number of imidazole rings is 1. The van der Waals surface area contributed by atoms with Crippen LogP contribution in [-0.2, 0) is 6.54 Å². The number of halogens is 2. The molecule has 0 aliphatic heterocycles.